The molecular formula is C13H15NO3S2. The van der Waals surface area contributed by atoms with Gasteiger partial charge in [0, 0.05) is 14.9 Å². The molecule has 2 aromatic rings. The van der Waals surface area contributed by atoms with Gasteiger partial charge in [-0.25, -0.2) is 0 Å². The van der Waals surface area contributed by atoms with E-state index < -0.39 is 11.5 Å². The van der Waals surface area contributed by atoms with Gasteiger partial charge in [-0.3, -0.25) is 9.59 Å². The summed E-state index contributed by atoms with van der Waals surface area (Å²) in [6, 6.07) is 3.81. The van der Waals surface area contributed by atoms with E-state index in [1.54, 1.807) is 11.3 Å². The van der Waals surface area contributed by atoms with Crippen molar-refractivity contribution in [1.29, 1.82) is 0 Å². The van der Waals surface area contributed by atoms with Gasteiger partial charge in [-0.1, -0.05) is 0 Å². The van der Waals surface area contributed by atoms with E-state index in [2.05, 4.69) is 0 Å². The predicted octanol–water partition coefficient (Wildman–Crippen LogP) is 3.29. The third-order valence-electron chi connectivity index (χ3n) is 2.70. The molecule has 19 heavy (non-hydrogen) atoms. The molecule has 0 unspecified atom stereocenters. The Labute approximate surface area is 119 Å². The van der Waals surface area contributed by atoms with E-state index in [1.807, 2.05) is 38.3 Å². The molecule has 2 heterocycles. The number of carbonyl (C=O) groups excluding carboxylic acids is 1. The highest BCUT2D eigenvalue weighted by Gasteiger charge is 2.30. The first-order valence-electron chi connectivity index (χ1n) is 5.80. The molecule has 4 nitrogen and oxygen atoms in total. The Hall–Kier alpha value is -1.40. The summed E-state index contributed by atoms with van der Waals surface area (Å²) < 4.78 is 2.13. The summed E-state index contributed by atoms with van der Waals surface area (Å²) in [5, 5.41) is 10.9. The molecule has 1 N–H and O–H groups in total. The van der Waals surface area contributed by atoms with E-state index in [0.29, 0.717) is 4.88 Å². The standard InChI is InChI=1S/C13H15NO3S2/c1-13(2,3)14(7-11(15)16)12(17)10-6-9-8(19-10)4-5-18-9/h4-6H,7H2,1-3H3,(H,15,16). The molecule has 0 aliphatic heterocycles. The maximum Gasteiger partial charge on any atom is 0.323 e. The fraction of sp³-hybridized carbons (Fsp3) is 0.385. The second kappa shape index (κ2) is 4.94. The summed E-state index contributed by atoms with van der Waals surface area (Å²) in [5.41, 5.74) is -0.521. The quantitative estimate of drug-likeness (QED) is 0.945. The van der Waals surface area contributed by atoms with Gasteiger partial charge in [0.2, 0.25) is 0 Å². The lowest BCUT2D eigenvalue weighted by atomic mass is 10.1. The minimum atomic E-state index is -0.998. The van der Waals surface area contributed by atoms with Gasteiger partial charge in [-0.15, -0.1) is 22.7 Å². The average molecular weight is 297 g/mol. The van der Waals surface area contributed by atoms with Gasteiger partial charge < -0.3 is 10.0 Å². The molecule has 2 rings (SSSR count). The van der Waals surface area contributed by atoms with Crippen LogP contribution in [0.5, 0.6) is 0 Å². The number of hydrogen-bond donors (Lipinski definition) is 1. The van der Waals surface area contributed by atoms with Crippen molar-refractivity contribution >= 4 is 43.9 Å². The van der Waals surface area contributed by atoms with Crippen molar-refractivity contribution < 1.29 is 14.7 Å². The van der Waals surface area contributed by atoms with Crippen molar-refractivity contribution in [3.05, 3.63) is 22.4 Å². The van der Waals surface area contributed by atoms with Crippen LogP contribution in [0.1, 0.15) is 30.4 Å². The molecule has 0 aliphatic carbocycles. The number of carboxylic acids is 1. The van der Waals surface area contributed by atoms with Crippen LogP contribution in [0, 0.1) is 0 Å². The second-order valence-electron chi connectivity index (χ2n) is 5.22. The molecule has 0 bridgehead atoms. The SMILES string of the molecule is CC(C)(C)N(CC(=O)O)C(=O)c1cc2sccc2s1. The van der Waals surface area contributed by atoms with E-state index in [-0.39, 0.29) is 12.5 Å². The van der Waals surface area contributed by atoms with Crippen molar-refractivity contribution in [3.8, 4) is 0 Å². The molecule has 2 aromatic heterocycles. The van der Waals surface area contributed by atoms with E-state index in [1.165, 1.54) is 16.2 Å². The molecule has 0 spiro atoms. The summed E-state index contributed by atoms with van der Waals surface area (Å²) in [4.78, 5) is 25.4. The van der Waals surface area contributed by atoms with Gasteiger partial charge in [0.1, 0.15) is 6.54 Å². The summed E-state index contributed by atoms with van der Waals surface area (Å²) in [6.07, 6.45) is 0. The number of fused-ring (bicyclic) bond motifs is 1. The van der Waals surface area contributed by atoms with Crippen molar-refractivity contribution in [2.45, 2.75) is 26.3 Å². The van der Waals surface area contributed by atoms with Crippen molar-refractivity contribution in [1.82, 2.24) is 4.90 Å². The summed E-state index contributed by atoms with van der Waals surface area (Å²) >= 11 is 2.99. The fourth-order valence-corrected chi connectivity index (χ4v) is 3.81. The van der Waals surface area contributed by atoms with Crippen LogP contribution in [0.3, 0.4) is 0 Å². The number of amides is 1. The lowest BCUT2D eigenvalue weighted by molar-refractivity contribution is -0.138. The van der Waals surface area contributed by atoms with Crippen molar-refractivity contribution in [2.75, 3.05) is 6.54 Å². The summed E-state index contributed by atoms with van der Waals surface area (Å²) in [7, 11) is 0. The first-order valence-corrected chi connectivity index (χ1v) is 7.49. The van der Waals surface area contributed by atoms with E-state index in [4.69, 9.17) is 5.11 Å². The molecule has 0 saturated heterocycles. The van der Waals surface area contributed by atoms with Crippen LogP contribution in [0.4, 0.5) is 0 Å². The molecule has 0 aliphatic rings. The Balaban J connectivity index is 2.33. The van der Waals surface area contributed by atoms with Gasteiger partial charge in [-0.05, 0) is 38.3 Å². The third-order valence-corrected chi connectivity index (χ3v) is 4.78. The molecule has 0 radical (unpaired) electrons. The highest BCUT2D eigenvalue weighted by atomic mass is 32.1. The number of carboxylic acid groups (broad SMARTS) is 1. The van der Waals surface area contributed by atoms with E-state index in [0.717, 1.165) is 9.40 Å². The Morgan fingerprint density at radius 2 is 2.00 bits per heavy atom. The molecule has 0 saturated carbocycles. The normalized spacial score (nSPS) is 11.7. The molecule has 102 valence electrons. The van der Waals surface area contributed by atoms with Crippen LogP contribution in [-0.2, 0) is 4.79 Å². The second-order valence-corrected chi connectivity index (χ2v) is 7.25. The first-order chi connectivity index (χ1) is 8.79. The number of thiophene rings is 2. The molecule has 6 heteroatoms. The zero-order valence-electron chi connectivity index (χ0n) is 11.0. The topological polar surface area (TPSA) is 57.6 Å². The lowest BCUT2D eigenvalue weighted by Gasteiger charge is -2.34. The van der Waals surface area contributed by atoms with Gasteiger partial charge in [0.25, 0.3) is 5.91 Å². The van der Waals surface area contributed by atoms with Gasteiger partial charge in [0.15, 0.2) is 0 Å². The molecule has 1 amide bonds. The number of aliphatic carboxylic acids is 1. The fourth-order valence-electron chi connectivity index (χ4n) is 1.75. The van der Waals surface area contributed by atoms with Crippen LogP contribution >= 0.6 is 22.7 Å². The molecule has 0 fully saturated rings. The Bertz CT molecular complexity index is 593. The number of rotatable bonds is 3. The Morgan fingerprint density at radius 3 is 2.53 bits per heavy atom. The van der Waals surface area contributed by atoms with Crippen LogP contribution in [0.15, 0.2) is 17.5 Å². The highest BCUT2D eigenvalue weighted by Crippen LogP contribution is 2.31. The van der Waals surface area contributed by atoms with E-state index in [9.17, 15) is 9.59 Å². The first kappa shape index (κ1) is 14.0. The van der Waals surface area contributed by atoms with Crippen LogP contribution in [-0.4, -0.2) is 34.0 Å². The number of carbonyl (C=O) groups is 2. The maximum absolute atomic E-state index is 12.5. The number of hydrogen-bond acceptors (Lipinski definition) is 4. The zero-order valence-corrected chi connectivity index (χ0v) is 12.6. The minimum absolute atomic E-state index is 0.219. The predicted molar refractivity (Wildman–Crippen MR) is 78.1 cm³/mol. The summed E-state index contributed by atoms with van der Waals surface area (Å²) in [6.45, 7) is 5.23. The average Bonchev–Trinajstić information content (AvgIpc) is 2.82. The zero-order chi connectivity index (χ0) is 14.2. The Morgan fingerprint density at radius 1 is 1.32 bits per heavy atom. The Kier molecular flexibility index (Phi) is 3.64. The van der Waals surface area contributed by atoms with E-state index >= 15 is 0 Å². The van der Waals surface area contributed by atoms with Gasteiger partial charge >= 0.3 is 5.97 Å². The summed E-state index contributed by atoms with van der Waals surface area (Å²) in [5.74, 6) is -1.22. The maximum atomic E-state index is 12.5. The monoisotopic (exact) mass is 297 g/mol. The minimum Gasteiger partial charge on any atom is -0.480 e. The van der Waals surface area contributed by atoms with Crippen LogP contribution in [0.2, 0.25) is 0 Å². The molecule has 0 aromatic carbocycles. The van der Waals surface area contributed by atoms with Gasteiger partial charge in [-0.2, -0.15) is 0 Å². The van der Waals surface area contributed by atoms with Crippen LogP contribution < -0.4 is 0 Å². The lowest BCUT2D eigenvalue weighted by Crippen LogP contribution is -2.48. The largest absolute Gasteiger partial charge is 0.480 e. The van der Waals surface area contributed by atoms with Crippen LogP contribution in [0.25, 0.3) is 9.40 Å². The molecular weight excluding hydrogens is 282 g/mol. The highest BCUT2D eigenvalue weighted by molar-refractivity contribution is 7.27. The van der Waals surface area contributed by atoms with Crippen molar-refractivity contribution in [2.24, 2.45) is 0 Å². The smallest absolute Gasteiger partial charge is 0.323 e. The molecule has 0 atom stereocenters. The van der Waals surface area contributed by atoms with Gasteiger partial charge in [0.05, 0.1) is 4.88 Å². The third kappa shape index (κ3) is 2.96. The van der Waals surface area contributed by atoms with Crippen molar-refractivity contribution in [3.63, 3.8) is 0 Å². The number of nitrogens with zero attached hydrogens (tertiary/aromatic N) is 1.